The lowest BCUT2D eigenvalue weighted by Crippen LogP contribution is -2.28. The standard InChI is InChI=1S/C19H16F2N2O3S/c20-19(21)27-15-7-5-14(6-8-15)22-18(26)13-3-1-12(2-4-13)11-23-16(24)9-10-17(23)25/h1-8,19H,9-11H2,(H,22,26). The van der Waals surface area contributed by atoms with Crippen molar-refractivity contribution in [3.8, 4) is 0 Å². The molecule has 2 aromatic rings. The van der Waals surface area contributed by atoms with Gasteiger partial charge in [-0.05, 0) is 42.0 Å². The third-order valence-corrected chi connectivity index (χ3v) is 4.77. The lowest BCUT2D eigenvalue weighted by molar-refractivity contribution is -0.139. The van der Waals surface area contributed by atoms with E-state index in [0.717, 1.165) is 5.56 Å². The van der Waals surface area contributed by atoms with E-state index < -0.39 is 5.76 Å². The number of nitrogens with one attached hydrogen (secondary N) is 1. The van der Waals surface area contributed by atoms with Crippen LogP contribution in [0.3, 0.4) is 0 Å². The molecule has 3 rings (SSSR count). The molecule has 2 aromatic carbocycles. The molecule has 0 unspecified atom stereocenters. The number of carbonyl (C=O) groups excluding carboxylic acids is 3. The summed E-state index contributed by atoms with van der Waals surface area (Å²) in [6.07, 6.45) is 0.488. The minimum atomic E-state index is -2.49. The van der Waals surface area contributed by atoms with E-state index in [9.17, 15) is 23.2 Å². The van der Waals surface area contributed by atoms with Gasteiger partial charge in [-0.15, -0.1) is 0 Å². The Morgan fingerprint density at radius 2 is 1.59 bits per heavy atom. The fraction of sp³-hybridized carbons (Fsp3) is 0.211. The van der Waals surface area contributed by atoms with Crippen molar-refractivity contribution in [1.82, 2.24) is 4.90 Å². The highest BCUT2D eigenvalue weighted by Gasteiger charge is 2.28. The maximum atomic E-state index is 12.3. The number of halogens is 2. The van der Waals surface area contributed by atoms with Crippen LogP contribution in [0, 0.1) is 0 Å². The van der Waals surface area contributed by atoms with Gasteiger partial charge in [-0.2, -0.15) is 8.78 Å². The number of benzene rings is 2. The average Bonchev–Trinajstić information content (AvgIpc) is 2.95. The summed E-state index contributed by atoms with van der Waals surface area (Å²) in [5, 5.41) is 2.69. The molecular weight excluding hydrogens is 374 g/mol. The molecule has 0 spiro atoms. The van der Waals surface area contributed by atoms with E-state index in [0.29, 0.717) is 27.9 Å². The maximum absolute atomic E-state index is 12.3. The Labute approximate surface area is 158 Å². The van der Waals surface area contributed by atoms with Gasteiger partial charge in [0.2, 0.25) is 11.8 Å². The molecule has 1 aliphatic heterocycles. The highest BCUT2D eigenvalue weighted by molar-refractivity contribution is 7.99. The number of carbonyl (C=O) groups is 3. The Morgan fingerprint density at radius 1 is 1.00 bits per heavy atom. The molecule has 0 aliphatic carbocycles. The van der Waals surface area contributed by atoms with Crippen molar-refractivity contribution in [2.24, 2.45) is 0 Å². The molecule has 1 saturated heterocycles. The normalized spacial score (nSPS) is 14.1. The van der Waals surface area contributed by atoms with Crippen LogP contribution < -0.4 is 5.32 Å². The van der Waals surface area contributed by atoms with Gasteiger partial charge in [0.1, 0.15) is 0 Å². The van der Waals surface area contributed by atoms with Gasteiger partial charge < -0.3 is 5.32 Å². The summed E-state index contributed by atoms with van der Waals surface area (Å²) in [5.74, 6) is -3.20. The van der Waals surface area contributed by atoms with Gasteiger partial charge in [-0.3, -0.25) is 19.3 Å². The summed E-state index contributed by atoms with van der Waals surface area (Å²) in [5.41, 5.74) is 1.66. The average molecular weight is 390 g/mol. The quantitative estimate of drug-likeness (QED) is 0.600. The van der Waals surface area contributed by atoms with Crippen molar-refractivity contribution in [2.75, 3.05) is 5.32 Å². The van der Waals surface area contributed by atoms with Gasteiger partial charge in [0.25, 0.3) is 11.7 Å². The van der Waals surface area contributed by atoms with Crippen molar-refractivity contribution in [1.29, 1.82) is 0 Å². The molecule has 0 saturated carbocycles. The van der Waals surface area contributed by atoms with Gasteiger partial charge >= 0.3 is 0 Å². The third-order valence-electron chi connectivity index (χ3n) is 4.05. The van der Waals surface area contributed by atoms with Gasteiger partial charge in [-0.25, -0.2) is 0 Å². The summed E-state index contributed by atoms with van der Waals surface area (Å²) in [7, 11) is 0. The molecular formula is C19H16F2N2O3S. The van der Waals surface area contributed by atoms with E-state index in [1.54, 1.807) is 36.4 Å². The lowest BCUT2D eigenvalue weighted by Gasteiger charge is -2.14. The van der Waals surface area contributed by atoms with E-state index in [1.165, 1.54) is 17.0 Å². The SMILES string of the molecule is O=C(Nc1ccc(SC(F)F)cc1)c1ccc(CN2C(=O)CCC2=O)cc1. The molecule has 1 N–H and O–H groups in total. The molecule has 27 heavy (non-hydrogen) atoms. The highest BCUT2D eigenvalue weighted by atomic mass is 32.2. The second-order valence-corrected chi connectivity index (χ2v) is 6.99. The third kappa shape index (κ3) is 4.91. The Hall–Kier alpha value is -2.74. The van der Waals surface area contributed by atoms with Crippen molar-refractivity contribution in [3.63, 3.8) is 0 Å². The molecule has 1 aliphatic rings. The first-order valence-corrected chi connectivity index (χ1v) is 9.09. The van der Waals surface area contributed by atoms with Gasteiger partial charge in [-0.1, -0.05) is 23.9 Å². The first-order chi connectivity index (χ1) is 12.9. The zero-order chi connectivity index (χ0) is 19.4. The van der Waals surface area contributed by atoms with E-state index in [2.05, 4.69) is 5.32 Å². The Morgan fingerprint density at radius 3 is 2.15 bits per heavy atom. The topological polar surface area (TPSA) is 66.5 Å². The lowest BCUT2D eigenvalue weighted by atomic mass is 10.1. The first-order valence-electron chi connectivity index (χ1n) is 8.21. The summed E-state index contributed by atoms with van der Waals surface area (Å²) >= 11 is 0.439. The van der Waals surface area contributed by atoms with Crippen molar-refractivity contribution in [2.45, 2.75) is 30.0 Å². The predicted octanol–water partition coefficient (Wildman–Crippen LogP) is 3.90. The number of nitrogens with zero attached hydrogens (tertiary/aromatic N) is 1. The zero-order valence-electron chi connectivity index (χ0n) is 14.2. The molecule has 140 valence electrons. The van der Waals surface area contributed by atoms with Crippen LogP contribution in [-0.4, -0.2) is 28.4 Å². The summed E-state index contributed by atoms with van der Waals surface area (Å²) in [4.78, 5) is 37.2. The smallest absolute Gasteiger partial charge is 0.288 e. The van der Waals surface area contributed by atoms with Crippen molar-refractivity contribution in [3.05, 3.63) is 59.7 Å². The Balaban J connectivity index is 1.60. The Kier molecular flexibility index (Phi) is 5.85. The molecule has 5 nitrogen and oxygen atoms in total. The summed E-state index contributed by atoms with van der Waals surface area (Å²) in [6.45, 7) is 0.197. The van der Waals surface area contributed by atoms with Crippen LogP contribution >= 0.6 is 11.8 Å². The fourth-order valence-electron chi connectivity index (χ4n) is 2.67. The fourth-order valence-corrected chi connectivity index (χ4v) is 3.17. The van der Waals surface area contributed by atoms with E-state index in [4.69, 9.17) is 0 Å². The second kappa shape index (κ2) is 8.30. The number of amides is 3. The minimum Gasteiger partial charge on any atom is -0.322 e. The largest absolute Gasteiger partial charge is 0.322 e. The second-order valence-electron chi connectivity index (χ2n) is 5.93. The van der Waals surface area contributed by atoms with Gasteiger partial charge in [0, 0.05) is 29.0 Å². The number of hydrogen-bond donors (Lipinski definition) is 1. The number of imide groups is 1. The van der Waals surface area contributed by atoms with E-state index >= 15 is 0 Å². The monoisotopic (exact) mass is 390 g/mol. The van der Waals surface area contributed by atoms with Crippen LogP contribution in [0.1, 0.15) is 28.8 Å². The molecule has 0 aromatic heterocycles. The zero-order valence-corrected chi connectivity index (χ0v) is 15.0. The number of likely N-dealkylation sites (tertiary alicyclic amines) is 1. The number of rotatable bonds is 6. The summed E-state index contributed by atoms with van der Waals surface area (Å²) < 4.78 is 24.6. The predicted molar refractivity (Wildman–Crippen MR) is 97.5 cm³/mol. The van der Waals surface area contributed by atoms with Crippen LogP contribution in [-0.2, 0) is 16.1 Å². The molecule has 1 heterocycles. The van der Waals surface area contributed by atoms with Crippen LogP contribution in [0.5, 0.6) is 0 Å². The minimum absolute atomic E-state index is 0.185. The molecule has 8 heteroatoms. The Bertz CT molecular complexity index is 838. The van der Waals surface area contributed by atoms with Gasteiger partial charge in [0.05, 0.1) is 6.54 Å². The van der Waals surface area contributed by atoms with E-state index in [1.807, 2.05) is 0 Å². The summed E-state index contributed by atoms with van der Waals surface area (Å²) in [6, 6.07) is 12.7. The van der Waals surface area contributed by atoms with Crippen LogP contribution in [0.25, 0.3) is 0 Å². The van der Waals surface area contributed by atoms with E-state index in [-0.39, 0.29) is 37.1 Å². The number of anilines is 1. The first kappa shape index (κ1) is 19.0. The number of hydrogen-bond acceptors (Lipinski definition) is 4. The van der Waals surface area contributed by atoms with Crippen LogP contribution in [0.15, 0.2) is 53.4 Å². The van der Waals surface area contributed by atoms with Gasteiger partial charge in [0.15, 0.2) is 0 Å². The van der Waals surface area contributed by atoms with Crippen LogP contribution in [0.2, 0.25) is 0 Å². The van der Waals surface area contributed by atoms with Crippen LogP contribution in [0.4, 0.5) is 14.5 Å². The maximum Gasteiger partial charge on any atom is 0.288 e. The molecule has 0 atom stereocenters. The highest BCUT2D eigenvalue weighted by Crippen LogP contribution is 2.26. The molecule has 3 amide bonds. The van der Waals surface area contributed by atoms with Crippen molar-refractivity contribution >= 4 is 35.2 Å². The number of thioether (sulfide) groups is 1. The van der Waals surface area contributed by atoms with Crippen molar-refractivity contribution < 1.29 is 23.2 Å². The molecule has 1 fully saturated rings. The molecule has 0 radical (unpaired) electrons. The number of alkyl halides is 2. The molecule has 0 bridgehead atoms.